The summed E-state index contributed by atoms with van der Waals surface area (Å²) in [6, 6.07) is 8.39. The molecular formula is C22H25ClFNO3. The minimum Gasteiger partial charge on any atom is -0.497 e. The van der Waals surface area contributed by atoms with E-state index in [-0.39, 0.29) is 5.82 Å². The van der Waals surface area contributed by atoms with Gasteiger partial charge < -0.3 is 14.2 Å². The summed E-state index contributed by atoms with van der Waals surface area (Å²) in [5.74, 6) is 1.80. The number of hydrogen-bond acceptors (Lipinski definition) is 4. The van der Waals surface area contributed by atoms with Crippen molar-refractivity contribution in [1.82, 2.24) is 4.98 Å². The topological polar surface area (TPSA) is 40.6 Å². The molecule has 0 spiro atoms. The van der Waals surface area contributed by atoms with Crippen molar-refractivity contribution in [3.05, 3.63) is 59.2 Å². The lowest BCUT2D eigenvalue weighted by Gasteiger charge is -2.14. The van der Waals surface area contributed by atoms with E-state index in [0.29, 0.717) is 35.1 Å². The van der Waals surface area contributed by atoms with Crippen LogP contribution in [0.2, 0.25) is 0 Å². The first kappa shape index (κ1) is 21.8. The highest BCUT2D eigenvalue weighted by molar-refractivity contribution is 6.18. The summed E-state index contributed by atoms with van der Waals surface area (Å²) in [5, 5.41) is 1.76. The van der Waals surface area contributed by atoms with Gasteiger partial charge >= 0.3 is 0 Å². The molecule has 0 radical (unpaired) electrons. The number of fused-ring (bicyclic) bond motifs is 1. The van der Waals surface area contributed by atoms with Crippen LogP contribution in [0.3, 0.4) is 0 Å². The Hall–Kier alpha value is -2.53. The molecule has 6 heteroatoms. The van der Waals surface area contributed by atoms with Crippen LogP contribution in [-0.4, -0.2) is 26.3 Å². The first-order valence-electron chi connectivity index (χ1n) is 9.02. The second-order valence-electron chi connectivity index (χ2n) is 5.75. The molecule has 0 aliphatic carbocycles. The molecule has 150 valence electrons. The summed E-state index contributed by atoms with van der Waals surface area (Å²) >= 11 is 6.06. The van der Waals surface area contributed by atoms with E-state index in [1.165, 1.54) is 6.07 Å². The maximum atomic E-state index is 14.3. The van der Waals surface area contributed by atoms with Gasteiger partial charge in [0.1, 0.15) is 11.6 Å². The molecule has 0 amide bonds. The lowest BCUT2D eigenvalue weighted by molar-refractivity contribution is 0.356. The van der Waals surface area contributed by atoms with E-state index in [0.717, 1.165) is 22.0 Å². The number of benzene rings is 2. The van der Waals surface area contributed by atoms with Crippen LogP contribution < -0.4 is 14.2 Å². The van der Waals surface area contributed by atoms with Gasteiger partial charge in [0.05, 0.1) is 27.0 Å². The molecule has 3 rings (SSSR count). The van der Waals surface area contributed by atoms with Gasteiger partial charge in [-0.1, -0.05) is 13.8 Å². The van der Waals surface area contributed by atoms with Crippen molar-refractivity contribution >= 4 is 22.4 Å². The molecule has 0 aliphatic rings. The average Bonchev–Trinajstić information content (AvgIpc) is 2.75. The molecular weight excluding hydrogens is 381 g/mol. The Bertz CT molecular complexity index is 947. The number of hydrogen-bond donors (Lipinski definition) is 0. The average molecular weight is 406 g/mol. The first-order chi connectivity index (χ1) is 13.6. The van der Waals surface area contributed by atoms with Gasteiger partial charge in [0, 0.05) is 23.9 Å². The summed E-state index contributed by atoms with van der Waals surface area (Å²) in [6.07, 6.45) is 2.03. The van der Waals surface area contributed by atoms with Crippen LogP contribution in [0.5, 0.6) is 17.2 Å². The maximum absolute atomic E-state index is 14.3. The maximum Gasteiger partial charge on any atom is 0.161 e. The van der Waals surface area contributed by atoms with Gasteiger partial charge in [-0.2, -0.15) is 0 Å². The van der Waals surface area contributed by atoms with Crippen molar-refractivity contribution in [3.63, 3.8) is 0 Å². The Labute approximate surface area is 170 Å². The van der Waals surface area contributed by atoms with Crippen LogP contribution in [0.4, 0.5) is 4.39 Å². The van der Waals surface area contributed by atoms with Crippen LogP contribution in [0.25, 0.3) is 10.8 Å². The van der Waals surface area contributed by atoms with E-state index in [2.05, 4.69) is 4.98 Å². The van der Waals surface area contributed by atoms with E-state index in [1.807, 2.05) is 26.0 Å². The van der Waals surface area contributed by atoms with E-state index >= 15 is 0 Å². The molecule has 3 aromatic rings. The SMILES string of the molecule is CC.COc1ccc(F)c(Cc2ncc(CCl)c3cc(OC)c(OC)cc23)c1. The summed E-state index contributed by atoms with van der Waals surface area (Å²) < 4.78 is 30.2. The van der Waals surface area contributed by atoms with Crippen LogP contribution in [0.1, 0.15) is 30.7 Å². The summed E-state index contributed by atoms with van der Waals surface area (Å²) in [5.41, 5.74) is 2.10. The summed E-state index contributed by atoms with van der Waals surface area (Å²) in [4.78, 5) is 4.51. The molecule has 0 fully saturated rings. The van der Waals surface area contributed by atoms with E-state index in [9.17, 15) is 4.39 Å². The largest absolute Gasteiger partial charge is 0.497 e. The molecule has 2 aromatic carbocycles. The van der Waals surface area contributed by atoms with Crippen molar-refractivity contribution in [2.24, 2.45) is 0 Å². The number of halogens is 2. The number of nitrogens with zero attached hydrogens (tertiary/aromatic N) is 1. The molecule has 0 aliphatic heterocycles. The minimum atomic E-state index is -0.303. The van der Waals surface area contributed by atoms with E-state index in [1.54, 1.807) is 39.7 Å². The number of rotatable bonds is 6. The van der Waals surface area contributed by atoms with Gasteiger partial charge in [-0.25, -0.2) is 4.39 Å². The zero-order chi connectivity index (χ0) is 20.7. The minimum absolute atomic E-state index is 0.303. The fourth-order valence-electron chi connectivity index (χ4n) is 2.92. The zero-order valence-electron chi connectivity index (χ0n) is 16.8. The molecule has 28 heavy (non-hydrogen) atoms. The van der Waals surface area contributed by atoms with Crippen molar-refractivity contribution in [2.45, 2.75) is 26.1 Å². The quantitative estimate of drug-likeness (QED) is 0.489. The normalized spacial score (nSPS) is 10.2. The lowest BCUT2D eigenvalue weighted by Crippen LogP contribution is -2.00. The molecule has 0 saturated heterocycles. The third kappa shape index (κ3) is 4.47. The molecule has 4 nitrogen and oxygen atoms in total. The number of alkyl halides is 1. The number of methoxy groups -OCH3 is 3. The second kappa shape index (κ2) is 10.1. The Morgan fingerprint density at radius 3 is 2.11 bits per heavy atom. The third-order valence-electron chi connectivity index (χ3n) is 4.31. The summed E-state index contributed by atoms with van der Waals surface area (Å²) in [6.45, 7) is 4.00. The van der Waals surface area contributed by atoms with Crippen LogP contribution in [-0.2, 0) is 12.3 Å². The molecule has 0 atom stereocenters. The molecule has 1 aromatic heterocycles. The lowest BCUT2D eigenvalue weighted by atomic mass is 10.00. The third-order valence-corrected chi connectivity index (χ3v) is 4.60. The molecule has 0 N–H and O–H groups in total. The van der Waals surface area contributed by atoms with E-state index in [4.69, 9.17) is 25.8 Å². The number of ether oxygens (including phenoxy) is 3. The zero-order valence-corrected chi connectivity index (χ0v) is 17.6. The standard InChI is InChI=1S/C20H19ClFNO3.C2H6/c1-24-14-4-5-17(22)12(6-14)7-18-16-9-20(26-3)19(25-2)8-15(16)13(10-21)11-23-18;1-2/h4-6,8-9,11H,7,10H2,1-3H3;1-2H3. The molecule has 1 heterocycles. The van der Waals surface area contributed by atoms with Gasteiger partial charge in [0.2, 0.25) is 0 Å². The van der Waals surface area contributed by atoms with Crippen molar-refractivity contribution in [1.29, 1.82) is 0 Å². The van der Waals surface area contributed by atoms with Gasteiger partial charge in [-0.15, -0.1) is 11.6 Å². The van der Waals surface area contributed by atoms with Crippen molar-refractivity contribution < 1.29 is 18.6 Å². The van der Waals surface area contributed by atoms with Gasteiger partial charge in [0.25, 0.3) is 0 Å². The summed E-state index contributed by atoms with van der Waals surface area (Å²) in [7, 11) is 4.71. The predicted octanol–water partition coefficient (Wildman–Crippen LogP) is 5.76. The Balaban J connectivity index is 0.00000136. The van der Waals surface area contributed by atoms with Crippen LogP contribution in [0.15, 0.2) is 36.5 Å². The smallest absolute Gasteiger partial charge is 0.161 e. The van der Waals surface area contributed by atoms with Crippen molar-refractivity contribution in [3.8, 4) is 17.2 Å². The number of pyridine rings is 1. The fourth-order valence-corrected chi connectivity index (χ4v) is 3.13. The molecule has 0 unspecified atom stereocenters. The van der Waals surface area contributed by atoms with Gasteiger partial charge in [0.15, 0.2) is 11.5 Å². The Morgan fingerprint density at radius 1 is 0.893 bits per heavy atom. The predicted molar refractivity (Wildman–Crippen MR) is 112 cm³/mol. The highest BCUT2D eigenvalue weighted by Gasteiger charge is 2.15. The highest BCUT2D eigenvalue weighted by Crippen LogP contribution is 2.36. The van der Waals surface area contributed by atoms with Gasteiger partial charge in [-0.3, -0.25) is 4.98 Å². The Kier molecular flexibility index (Phi) is 7.88. The number of aromatic nitrogens is 1. The molecule has 0 bridgehead atoms. The van der Waals surface area contributed by atoms with Crippen molar-refractivity contribution in [2.75, 3.05) is 21.3 Å². The molecule has 0 saturated carbocycles. The first-order valence-corrected chi connectivity index (χ1v) is 9.55. The monoisotopic (exact) mass is 405 g/mol. The second-order valence-corrected chi connectivity index (χ2v) is 6.02. The fraction of sp³-hybridized carbons (Fsp3) is 0.318. The highest BCUT2D eigenvalue weighted by atomic mass is 35.5. The van der Waals surface area contributed by atoms with Gasteiger partial charge in [-0.05, 0) is 46.8 Å². The van der Waals surface area contributed by atoms with E-state index < -0.39 is 0 Å². The van der Waals surface area contributed by atoms with Crippen LogP contribution >= 0.6 is 11.6 Å². The van der Waals surface area contributed by atoms with Crippen LogP contribution in [0, 0.1) is 5.82 Å². The Morgan fingerprint density at radius 2 is 1.54 bits per heavy atom.